The molecular formula is C28H35N3O6. The fourth-order valence-electron chi connectivity index (χ4n) is 4.94. The highest BCUT2D eigenvalue weighted by Crippen LogP contribution is 2.44. The number of rotatable bonds is 7. The van der Waals surface area contributed by atoms with Gasteiger partial charge >= 0.3 is 12.2 Å². The van der Waals surface area contributed by atoms with E-state index in [1.165, 1.54) is 4.90 Å². The third-order valence-electron chi connectivity index (χ3n) is 6.50. The molecule has 2 aliphatic rings. The van der Waals surface area contributed by atoms with Crippen LogP contribution >= 0.6 is 0 Å². The standard InChI is InChI=1S/C28H35N3O6/c1-28(2,3)37-26(33)30-18-15-24(25(32)29-13-14-35-4)31(16-18)27(34)36-17-23-21-11-7-5-9-19(21)20-10-6-8-12-22(20)23/h5-12,18,23-24H,13-17H2,1-4H3,(H,29,32)(H,30,33)/t18-,24+/m0/s1. The van der Waals surface area contributed by atoms with Gasteiger partial charge in [-0.2, -0.15) is 0 Å². The first-order chi connectivity index (χ1) is 17.7. The van der Waals surface area contributed by atoms with E-state index in [1.807, 2.05) is 24.3 Å². The first-order valence-electron chi connectivity index (χ1n) is 12.6. The van der Waals surface area contributed by atoms with Crippen molar-refractivity contribution in [3.8, 4) is 11.1 Å². The minimum Gasteiger partial charge on any atom is -0.448 e. The van der Waals surface area contributed by atoms with Crippen LogP contribution in [0.4, 0.5) is 9.59 Å². The van der Waals surface area contributed by atoms with Gasteiger partial charge in [0.05, 0.1) is 12.6 Å². The molecule has 3 amide bonds. The average molecular weight is 510 g/mol. The zero-order valence-electron chi connectivity index (χ0n) is 21.8. The fraction of sp³-hybridized carbons (Fsp3) is 0.464. The molecule has 0 spiro atoms. The Balaban J connectivity index is 1.45. The summed E-state index contributed by atoms with van der Waals surface area (Å²) in [5.74, 6) is -0.414. The van der Waals surface area contributed by atoms with Crippen molar-refractivity contribution in [3.05, 3.63) is 59.7 Å². The van der Waals surface area contributed by atoms with Crippen molar-refractivity contribution in [1.29, 1.82) is 0 Å². The number of methoxy groups -OCH3 is 1. The van der Waals surface area contributed by atoms with Gasteiger partial charge in [0.2, 0.25) is 5.91 Å². The van der Waals surface area contributed by atoms with E-state index < -0.39 is 29.9 Å². The molecule has 9 nitrogen and oxygen atoms in total. The maximum absolute atomic E-state index is 13.3. The van der Waals surface area contributed by atoms with Gasteiger partial charge in [-0.25, -0.2) is 9.59 Å². The van der Waals surface area contributed by atoms with E-state index in [0.29, 0.717) is 13.2 Å². The van der Waals surface area contributed by atoms with Gasteiger partial charge < -0.3 is 24.8 Å². The topological polar surface area (TPSA) is 106 Å². The molecular weight excluding hydrogens is 474 g/mol. The number of carbonyl (C=O) groups excluding carboxylic acids is 3. The minimum atomic E-state index is -0.785. The lowest BCUT2D eigenvalue weighted by molar-refractivity contribution is -0.125. The number of ether oxygens (including phenoxy) is 3. The Morgan fingerprint density at radius 2 is 1.62 bits per heavy atom. The van der Waals surface area contributed by atoms with E-state index >= 15 is 0 Å². The average Bonchev–Trinajstić information content (AvgIpc) is 3.41. The molecule has 1 saturated heterocycles. The second-order valence-electron chi connectivity index (χ2n) is 10.3. The van der Waals surface area contributed by atoms with E-state index in [1.54, 1.807) is 27.9 Å². The summed E-state index contributed by atoms with van der Waals surface area (Å²) in [6.07, 6.45) is -0.935. The molecule has 9 heteroatoms. The molecule has 1 aliphatic heterocycles. The molecule has 2 aromatic carbocycles. The third-order valence-corrected chi connectivity index (χ3v) is 6.50. The summed E-state index contributed by atoms with van der Waals surface area (Å²) in [5.41, 5.74) is 3.83. The number of alkyl carbamates (subject to hydrolysis) is 1. The second kappa shape index (κ2) is 11.2. The summed E-state index contributed by atoms with van der Waals surface area (Å²) < 4.78 is 16.2. The number of likely N-dealkylation sites (tertiary alicyclic amines) is 1. The van der Waals surface area contributed by atoms with Crippen LogP contribution in [-0.2, 0) is 19.0 Å². The van der Waals surface area contributed by atoms with Crippen molar-refractivity contribution >= 4 is 18.1 Å². The van der Waals surface area contributed by atoms with E-state index in [-0.39, 0.29) is 31.4 Å². The molecule has 1 fully saturated rings. The quantitative estimate of drug-likeness (QED) is 0.552. The molecule has 2 aromatic rings. The monoisotopic (exact) mass is 509 g/mol. The van der Waals surface area contributed by atoms with Gasteiger partial charge in [0.1, 0.15) is 18.2 Å². The maximum Gasteiger partial charge on any atom is 0.410 e. The van der Waals surface area contributed by atoms with Crippen LogP contribution in [0.15, 0.2) is 48.5 Å². The number of nitrogens with one attached hydrogen (secondary N) is 2. The Bertz CT molecular complexity index is 1100. The van der Waals surface area contributed by atoms with Crippen LogP contribution < -0.4 is 10.6 Å². The lowest BCUT2D eigenvalue weighted by Gasteiger charge is -2.24. The number of hydrogen-bond acceptors (Lipinski definition) is 6. The van der Waals surface area contributed by atoms with Crippen molar-refractivity contribution in [1.82, 2.24) is 15.5 Å². The number of nitrogens with zero attached hydrogens (tertiary/aromatic N) is 1. The minimum absolute atomic E-state index is 0.0939. The molecule has 0 bridgehead atoms. The van der Waals surface area contributed by atoms with Gasteiger partial charge in [0, 0.05) is 26.1 Å². The molecule has 4 rings (SSSR count). The molecule has 1 aliphatic carbocycles. The predicted octanol–water partition coefficient (Wildman–Crippen LogP) is 3.67. The van der Waals surface area contributed by atoms with Crippen LogP contribution in [-0.4, -0.2) is 74.1 Å². The van der Waals surface area contributed by atoms with Gasteiger partial charge in [-0.05, 0) is 49.4 Å². The first kappa shape index (κ1) is 26.5. The SMILES string of the molecule is COCCNC(=O)[C@H]1C[C@H](NC(=O)OC(C)(C)C)CN1C(=O)OCC1c2ccccc2-c2ccccc21. The van der Waals surface area contributed by atoms with Crippen LogP contribution in [0.1, 0.15) is 44.2 Å². The first-order valence-corrected chi connectivity index (χ1v) is 12.6. The molecule has 0 radical (unpaired) electrons. The lowest BCUT2D eigenvalue weighted by Crippen LogP contribution is -2.47. The van der Waals surface area contributed by atoms with Gasteiger partial charge in [-0.3, -0.25) is 9.69 Å². The molecule has 0 aromatic heterocycles. The summed E-state index contributed by atoms with van der Waals surface area (Å²) in [6.45, 7) is 6.27. The fourth-order valence-corrected chi connectivity index (χ4v) is 4.94. The van der Waals surface area contributed by atoms with E-state index in [0.717, 1.165) is 22.3 Å². The lowest BCUT2D eigenvalue weighted by atomic mass is 9.98. The van der Waals surface area contributed by atoms with Crippen molar-refractivity contribution in [2.45, 2.75) is 50.8 Å². The third kappa shape index (κ3) is 6.22. The van der Waals surface area contributed by atoms with Crippen LogP contribution in [0.5, 0.6) is 0 Å². The van der Waals surface area contributed by atoms with Crippen LogP contribution in [0.3, 0.4) is 0 Å². The highest BCUT2D eigenvalue weighted by Gasteiger charge is 2.42. The van der Waals surface area contributed by atoms with E-state index in [2.05, 4.69) is 34.9 Å². The number of hydrogen-bond donors (Lipinski definition) is 2. The van der Waals surface area contributed by atoms with Crippen LogP contribution in [0.25, 0.3) is 11.1 Å². The summed E-state index contributed by atoms with van der Waals surface area (Å²) >= 11 is 0. The van der Waals surface area contributed by atoms with Crippen LogP contribution in [0.2, 0.25) is 0 Å². The van der Waals surface area contributed by atoms with Gasteiger partial charge in [-0.15, -0.1) is 0 Å². The normalized spacial score (nSPS) is 18.6. The van der Waals surface area contributed by atoms with Gasteiger partial charge in [-0.1, -0.05) is 48.5 Å². The Morgan fingerprint density at radius 3 is 2.22 bits per heavy atom. The zero-order chi connectivity index (χ0) is 26.6. The highest BCUT2D eigenvalue weighted by atomic mass is 16.6. The predicted molar refractivity (Wildman–Crippen MR) is 138 cm³/mol. The molecule has 2 N–H and O–H groups in total. The molecule has 1 heterocycles. The van der Waals surface area contributed by atoms with E-state index in [4.69, 9.17) is 14.2 Å². The second-order valence-corrected chi connectivity index (χ2v) is 10.3. The maximum atomic E-state index is 13.3. The Morgan fingerprint density at radius 1 is 1.00 bits per heavy atom. The van der Waals surface area contributed by atoms with Gasteiger partial charge in [0.15, 0.2) is 0 Å². The summed E-state index contributed by atoms with van der Waals surface area (Å²) in [4.78, 5) is 39.9. The van der Waals surface area contributed by atoms with Crippen molar-refractivity contribution in [2.24, 2.45) is 0 Å². The summed E-state index contributed by atoms with van der Waals surface area (Å²) in [6, 6.07) is 15.0. The van der Waals surface area contributed by atoms with Crippen molar-refractivity contribution < 1.29 is 28.6 Å². The van der Waals surface area contributed by atoms with Crippen molar-refractivity contribution in [3.63, 3.8) is 0 Å². The summed E-state index contributed by atoms with van der Waals surface area (Å²) in [5, 5.41) is 5.57. The van der Waals surface area contributed by atoms with Crippen molar-refractivity contribution in [2.75, 3.05) is 33.4 Å². The molecule has 0 saturated carbocycles. The smallest absolute Gasteiger partial charge is 0.410 e. The number of amides is 3. The molecule has 2 atom stereocenters. The Hall–Kier alpha value is -3.59. The van der Waals surface area contributed by atoms with E-state index in [9.17, 15) is 14.4 Å². The molecule has 198 valence electrons. The Kier molecular flexibility index (Phi) is 8.02. The summed E-state index contributed by atoms with van der Waals surface area (Å²) in [7, 11) is 1.55. The molecule has 0 unspecified atom stereocenters. The van der Waals surface area contributed by atoms with Crippen LogP contribution in [0, 0.1) is 0 Å². The largest absolute Gasteiger partial charge is 0.448 e. The van der Waals surface area contributed by atoms with Gasteiger partial charge in [0.25, 0.3) is 0 Å². The molecule has 37 heavy (non-hydrogen) atoms. The Labute approximate surface area is 217 Å². The number of fused-ring (bicyclic) bond motifs is 3. The number of carbonyl (C=O) groups is 3. The zero-order valence-corrected chi connectivity index (χ0v) is 21.8. The number of benzene rings is 2. The highest BCUT2D eigenvalue weighted by molar-refractivity contribution is 5.87.